The van der Waals surface area contributed by atoms with E-state index in [1.54, 1.807) is 30.6 Å². The van der Waals surface area contributed by atoms with Crippen molar-refractivity contribution in [2.24, 2.45) is 0 Å². The van der Waals surface area contributed by atoms with E-state index in [9.17, 15) is 14.7 Å². The predicted molar refractivity (Wildman–Crippen MR) is 148 cm³/mol. The van der Waals surface area contributed by atoms with Gasteiger partial charge in [0.1, 0.15) is 5.76 Å². The fourth-order valence-corrected chi connectivity index (χ4v) is 4.83. The van der Waals surface area contributed by atoms with Crippen LogP contribution in [0.4, 0.5) is 0 Å². The van der Waals surface area contributed by atoms with E-state index < -0.39 is 17.7 Å². The summed E-state index contributed by atoms with van der Waals surface area (Å²) in [5, 5.41) is 11.7. The Kier molecular flexibility index (Phi) is 7.67. The van der Waals surface area contributed by atoms with Crippen LogP contribution in [0.1, 0.15) is 54.6 Å². The van der Waals surface area contributed by atoms with Crippen molar-refractivity contribution >= 4 is 17.4 Å². The van der Waals surface area contributed by atoms with E-state index in [0.29, 0.717) is 28.4 Å². The SMILES string of the molecule is COc1cc(C2/C(=C(\O)c3cc(C(C)(C)C)ccc3C)C(=O)C(=O)N2Cc2cccnc2)cc(OC)c1OC. The number of pyridine rings is 1. The monoisotopic (exact) mass is 530 g/mol. The number of likely N-dealkylation sites (tertiary alicyclic amines) is 1. The van der Waals surface area contributed by atoms with Crippen LogP contribution < -0.4 is 14.2 Å². The van der Waals surface area contributed by atoms with Crippen LogP contribution in [0.3, 0.4) is 0 Å². The maximum absolute atomic E-state index is 13.6. The van der Waals surface area contributed by atoms with Crippen LogP contribution in [-0.2, 0) is 21.5 Å². The van der Waals surface area contributed by atoms with Gasteiger partial charge in [-0.2, -0.15) is 0 Å². The van der Waals surface area contributed by atoms with Crippen LogP contribution in [0.2, 0.25) is 0 Å². The molecule has 8 heteroatoms. The lowest BCUT2D eigenvalue weighted by Crippen LogP contribution is -2.29. The third kappa shape index (κ3) is 5.19. The average Bonchev–Trinajstić information content (AvgIpc) is 3.16. The quantitative estimate of drug-likeness (QED) is 0.250. The van der Waals surface area contributed by atoms with Gasteiger partial charge in [-0.25, -0.2) is 0 Å². The first kappa shape index (κ1) is 27.7. The van der Waals surface area contributed by atoms with Gasteiger partial charge >= 0.3 is 0 Å². The molecular weight excluding hydrogens is 496 g/mol. The van der Waals surface area contributed by atoms with Crippen LogP contribution >= 0.6 is 0 Å². The topological polar surface area (TPSA) is 98.2 Å². The third-order valence-corrected chi connectivity index (χ3v) is 6.98. The van der Waals surface area contributed by atoms with Gasteiger partial charge in [0.25, 0.3) is 11.7 Å². The van der Waals surface area contributed by atoms with Crippen LogP contribution in [-0.4, -0.2) is 48.0 Å². The summed E-state index contributed by atoms with van der Waals surface area (Å²) < 4.78 is 16.6. The molecule has 4 rings (SSSR count). The highest BCUT2D eigenvalue weighted by Gasteiger charge is 2.47. The Bertz CT molecular complexity index is 1410. The normalized spacial score (nSPS) is 16.9. The van der Waals surface area contributed by atoms with Gasteiger partial charge in [0, 0.05) is 24.5 Å². The number of aryl methyl sites for hydroxylation is 1. The highest BCUT2D eigenvalue weighted by atomic mass is 16.5. The van der Waals surface area contributed by atoms with Crippen LogP contribution in [0, 0.1) is 6.92 Å². The van der Waals surface area contributed by atoms with E-state index in [2.05, 4.69) is 25.8 Å². The molecule has 0 aliphatic carbocycles. The summed E-state index contributed by atoms with van der Waals surface area (Å²) in [6, 6.07) is 11.9. The van der Waals surface area contributed by atoms with E-state index >= 15 is 0 Å². The molecule has 1 fully saturated rings. The summed E-state index contributed by atoms with van der Waals surface area (Å²) in [6.07, 6.45) is 3.28. The van der Waals surface area contributed by atoms with E-state index in [0.717, 1.165) is 16.7 Å². The Morgan fingerprint density at radius 1 is 1.00 bits per heavy atom. The first-order valence-electron chi connectivity index (χ1n) is 12.6. The second kappa shape index (κ2) is 10.8. The fraction of sp³-hybridized carbons (Fsp3) is 0.323. The van der Waals surface area contributed by atoms with Crippen molar-refractivity contribution in [2.45, 2.75) is 45.7 Å². The highest BCUT2D eigenvalue weighted by molar-refractivity contribution is 6.46. The molecule has 3 aromatic rings. The number of hydrogen-bond acceptors (Lipinski definition) is 7. The molecule has 1 aliphatic heterocycles. The number of carbonyl (C=O) groups is 2. The summed E-state index contributed by atoms with van der Waals surface area (Å²) in [4.78, 5) is 32.7. The van der Waals surface area contributed by atoms with Crippen molar-refractivity contribution in [3.8, 4) is 17.2 Å². The third-order valence-electron chi connectivity index (χ3n) is 6.98. The average molecular weight is 531 g/mol. The summed E-state index contributed by atoms with van der Waals surface area (Å²) >= 11 is 0. The molecule has 1 unspecified atom stereocenters. The highest BCUT2D eigenvalue weighted by Crippen LogP contribution is 2.46. The number of amides is 1. The molecule has 0 saturated carbocycles. The second-order valence-corrected chi connectivity index (χ2v) is 10.5. The summed E-state index contributed by atoms with van der Waals surface area (Å²) in [7, 11) is 4.49. The summed E-state index contributed by atoms with van der Waals surface area (Å²) in [5.41, 5.74) is 3.34. The number of benzene rings is 2. The number of rotatable bonds is 7. The van der Waals surface area contributed by atoms with E-state index in [4.69, 9.17) is 14.2 Å². The maximum Gasteiger partial charge on any atom is 0.295 e. The van der Waals surface area contributed by atoms with Gasteiger partial charge in [-0.3, -0.25) is 14.6 Å². The maximum atomic E-state index is 13.6. The number of nitrogens with zero attached hydrogens (tertiary/aromatic N) is 2. The van der Waals surface area contributed by atoms with Gasteiger partial charge in [-0.15, -0.1) is 0 Å². The lowest BCUT2D eigenvalue weighted by atomic mass is 9.84. The van der Waals surface area contributed by atoms with Crippen molar-refractivity contribution in [1.82, 2.24) is 9.88 Å². The lowest BCUT2D eigenvalue weighted by molar-refractivity contribution is -0.140. The van der Waals surface area contributed by atoms with Crippen LogP contribution in [0.5, 0.6) is 17.2 Å². The minimum Gasteiger partial charge on any atom is -0.507 e. The first-order chi connectivity index (χ1) is 18.5. The predicted octanol–water partition coefficient (Wildman–Crippen LogP) is 5.34. The zero-order valence-electron chi connectivity index (χ0n) is 23.4. The number of aliphatic hydroxyl groups is 1. The molecule has 1 aromatic heterocycles. The second-order valence-electron chi connectivity index (χ2n) is 10.5. The molecule has 39 heavy (non-hydrogen) atoms. The van der Waals surface area contributed by atoms with Crippen LogP contribution in [0.15, 0.2) is 60.4 Å². The van der Waals surface area contributed by atoms with Crippen molar-refractivity contribution in [1.29, 1.82) is 0 Å². The van der Waals surface area contributed by atoms with Crippen molar-refractivity contribution in [2.75, 3.05) is 21.3 Å². The molecule has 0 bridgehead atoms. The molecule has 0 spiro atoms. The Hall–Kier alpha value is -4.33. The number of aromatic nitrogens is 1. The molecule has 1 atom stereocenters. The molecule has 1 N–H and O–H groups in total. The minimum atomic E-state index is -0.920. The van der Waals surface area contributed by atoms with Crippen molar-refractivity contribution in [3.63, 3.8) is 0 Å². The minimum absolute atomic E-state index is 0.00711. The largest absolute Gasteiger partial charge is 0.507 e. The Balaban J connectivity index is 1.99. The molecule has 1 amide bonds. The zero-order chi connectivity index (χ0) is 28.5. The summed E-state index contributed by atoms with van der Waals surface area (Å²) in [6.45, 7) is 8.19. The van der Waals surface area contributed by atoms with E-state index in [-0.39, 0.29) is 23.3 Å². The van der Waals surface area contributed by atoms with Gasteiger partial charge < -0.3 is 24.2 Å². The zero-order valence-corrected chi connectivity index (χ0v) is 23.4. The van der Waals surface area contributed by atoms with E-state index in [1.807, 2.05) is 31.2 Å². The first-order valence-corrected chi connectivity index (χ1v) is 12.6. The Morgan fingerprint density at radius 2 is 1.67 bits per heavy atom. The number of ketones is 1. The molecular formula is C31H34N2O6. The number of ether oxygens (including phenoxy) is 3. The fourth-order valence-electron chi connectivity index (χ4n) is 4.83. The summed E-state index contributed by atoms with van der Waals surface area (Å²) in [5.74, 6) is -0.611. The number of hydrogen-bond donors (Lipinski definition) is 1. The van der Waals surface area contributed by atoms with Gasteiger partial charge in [0.15, 0.2) is 11.5 Å². The molecule has 2 aromatic carbocycles. The van der Waals surface area contributed by atoms with Gasteiger partial charge in [0.2, 0.25) is 5.75 Å². The standard InChI is InChI=1S/C31H34N2O6/c1-18-10-11-21(31(2,3)4)15-22(18)27(34)25-26(20-13-23(37-5)29(39-7)24(14-20)38-6)33(30(36)28(25)35)17-19-9-8-12-32-16-19/h8-16,26,34H,17H2,1-7H3/b27-25+. The Morgan fingerprint density at radius 3 is 2.21 bits per heavy atom. The molecule has 204 valence electrons. The molecule has 2 heterocycles. The van der Waals surface area contributed by atoms with Crippen molar-refractivity contribution in [3.05, 3.63) is 88.2 Å². The van der Waals surface area contributed by atoms with Crippen molar-refractivity contribution < 1.29 is 28.9 Å². The molecule has 1 aliphatic rings. The lowest BCUT2D eigenvalue weighted by Gasteiger charge is -2.27. The van der Waals surface area contributed by atoms with Crippen LogP contribution in [0.25, 0.3) is 5.76 Å². The van der Waals surface area contributed by atoms with Gasteiger partial charge in [-0.1, -0.05) is 39.0 Å². The molecule has 0 radical (unpaired) electrons. The molecule has 1 saturated heterocycles. The number of Topliss-reactive ketones (excluding diaryl/α,β-unsaturated/α-hetero) is 1. The number of carbonyl (C=O) groups excluding carboxylic acids is 2. The van der Waals surface area contributed by atoms with Gasteiger partial charge in [0.05, 0.1) is 32.9 Å². The van der Waals surface area contributed by atoms with Gasteiger partial charge in [-0.05, 0) is 58.9 Å². The molecule has 8 nitrogen and oxygen atoms in total. The van der Waals surface area contributed by atoms with E-state index in [1.165, 1.54) is 26.2 Å². The smallest absolute Gasteiger partial charge is 0.295 e. The number of aliphatic hydroxyl groups excluding tert-OH is 1. The number of methoxy groups -OCH3 is 3. The Labute approximate surface area is 228 Å².